The molecule has 22 heavy (non-hydrogen) atoms. The molecule has 118 valence electrons. The maximum absolute atomic E-state index is 12.8. The molecule has 2 aliphatic rings. The Labute approximate surface area is 132 Å². The lowest BCUT2D eigenvalue weighted by Crippen LogP contribution is -2.37. The molecule has 1 aromatic carbocycles. The normalized spacial score (nSPS) is 31.4. The van der Waals surface area contributed by atoms with Crippen LogP contribution in [0.5, 0.6) is 0 Å². The van der Waals surface area contributed by atoms with Gasteiger partial charge in [-0.1, -0.05) is 36.8 Å². The number of sulfone groups is 1. The second-order valence-electron chi connectivity index (χ2n) is 6.74. The van der Waals surface area contributed by atoms with Gasteiger partial charge in [0.05, 0.1) is 4.90 Å². The first-order valence-corrected chi connectivity index (χ1v) is 9.39. The minimum absolute atomic E-state index is 0.120. The van der Waals surface area contributed by atoms with Crippen LogP contribution in [-0.2, 0) is 14.6 Å². The zero-order chi connectivity index (χ0) is 16.1. The molecule has 1 aromatic rings. The van der Waals surface area contributed by atoms with Crippen LogP contribution in [0.2, 0.25) is 0 Å². The van der Waals surface area contributed by atoms with Crippen molar-refractivity contribution in [3.8, 4) is 0 Å². The SMILES string of the molecule is Cc1ccc(S(=O)(=O)C(C)C(=O)C2[C@@H](C)[C@@H]3C=C[C@H]2C3)cc1. The van der Waals surface area contributed by atoms with E-state index in [1.54, 1.807) is 31.2 Å². The number of benzene rings is 1. The van der Waals surface area contributed by atoms with E-state index in [9.17, 15) is 13.2 Å². The van der Waals surface area contributed by atoms with E-state index >= 15 is 0 Å². The number of fused-ring (bicyclic) bond motifs is 2. The number of carbonyl (C=O) groups is 1. The van der Waals surface area contributed by atoms with E-state index in [1.165, 1.54) is 0 Å². The number of rotatable bonds is 4. The van der Waals surface area contributed by atoms with Crippen molar-refractivity contribution >= 4 is 15.6 Å². The van der Waals surface area contributed by atoms with E-state index in [4.69, 9.17) is 0 Å². The van der Waals surface area contributed by atoms with Crippen molar-refractivity contribution in [3.05, 3.63) is 42.0 Å². The lowest BCUT2D eigenvalue weighted by molar-refractivity contribution is -0.124. The first-order chi connectivity index (χ1) is 10.3. The van der Waals surface area contributed by atoms with Crippen LogP contribution in [0.1, 0.15) is 25.8 Å². The maximum atomic E-state index is 12.8. The van der Waals surface area contributed by atoms with E-state index in [-0.39, 0.29) is 28.4 Å². The van der Waals surface area contributed by atoms with Crippen LogP contribution in [0.3, 0.4) is 0 Å². The van der Waals surface area contributed by atoms with Gasteiger partial charge in [0.2, 0.25) is 0 Å². The lowest BCUT2D eigenvalue weighted by atomic mass is 9.81. The summed E-state index contributed by atoms with van der Waals surface area (Å²) in [5, 5.41) is -0.976. The summed E-state index contributed by atoms with van der Waals surface area (Å²) < 4.78 is 25.4. The van der Waals surface area contributed by atoms with Crippen LogP contribution in [0.15, 0.2) is 41.3 Å². The summed E-state index contributed by atoms with van der Waals surface area (Å²) in [6.07, 6.45) is 5.27. The minimum Gasteiger partial charge on any atom is -0.298 e. The third-order valence-corrected chi connectivity index (χ3v) is 7.49. The average Bonchev–Trinajstić information content (AvgIpc) is 3.07. The molecule has 0 aromatic heterocycles. The Hall–Kier alpha value is -1.42. The van der Waals surface area contributed by atoms with Crippen molar-refractivity contribution in [2.75, 3.05) is 0 Å². The first-order valence-electron chi connectivity index (χ1n) is 7.85. The Morgan fingerprint density at radius 2 is 1.73 bits per heavy atom. The number of hydrogen-bond acceptors (Lipinski definition) is 3. The van der Waals surface area contributed by atoms with Crippen molar-refractivity contribution in [2.24, 2.45) is 23.7 Å². The highest BCUT2D eigenvalue weighted by Crippen LogP contribution is 2.48. The smallest absolute Gasteiger partial charge is 0.188 e. The van der Waals surface area contributed by atoms with Crippen molar-refractivity contribution < 1.29 is 13.2 Å². The molecule has 2 unspecified atom stereocenters. The zero-order valence-corrected chi connectivity index (χ0v) is 14.0. The van der Waals surface area contributed by atoms with Crippen LogP contribution in [-0.4, -0.2) is 19.5 Å². The van der Waals surface area contributed by atoms with Crippen LogP contribution >= 0.6 is 0 Å². The fourth-order valence-electron chi connectivity index (χ4n) is 3.90. The molecule has 3 nitrogen and oxygen atoms in total. The molecule has 2 bridgehead atoms. The number of hydrogen-bond donors (Lipinski definition) is 0. The Morgan fingerprint density at radius 1 is 1.14 bits per heavy atom. The molecular weight excluding hydrogens is 296 g/mol. The molecule has 0 amide bonds. The Morgan fingerprint density at radius 3 is 2.27 bits per heavy atom. The quantitative estimate of drug-likeness (QED) is 0.801. The molecule has 0 radical (unpaired) electrons. The van der Waals surface area contributed by atoms with Gasteiger partial charge in [-0.05, 0) is 50.2 Å². The van der Waals surface area contributed by atoms with E-state index in [0.717, 1.165) is 12.0 Å². The molecule has 1 saturated carbocycles. The molecule has 0 N–H and O–H groups in total. The van der Waals surface area contributed by atoms with Gasteiger partial charge in [-0.3, -0.25) is 4.79 Å². The second kappa shape index (κ2) is 5.34. The molecule has 2 aliphatic carbocycles. The maximum Gasteiger partial charge on any atom is 0.188 e. The van der Waals surface area contributed by atoms with Gasteiger partial charge >= 0.3 is 0 Å². The van der Waals surface area contributed by atoms with Gasteiger partial charge in [0.1, 0.15) is 5.25 Å². The fraction of sp³-hybridized carbons (Fsp3) is 0.500. The Bertz CT molecular complexity index is 715. The second-order valence-corrected chi connectivity index (χ2v) is 9.00. The Balaban J connectivity index is 1.87. The van der Waals surface area contributed by atoms with Gasteiger partial charge in [0.25, 0.3) is 0 Å². The molecule has 4 heteroatoms. The summed E-state index contributed by atoms with van der Waals surface area (Å²) in [7, 11) is -3.61. The summed E-state index contributed by atoms with van der Waals surface area (Å²) in [4.78, 5) is 13.1. The summed E-state index contributed by atoms with van der Waals surface area (Å²) in [6.45, 7) is 5.52. The minimum atomic E-state index is -3.61. The van der Waals surface area contributed by atoms with Crippen molar-refractivity contribution in [3.63, 3.8) is 0 Å². The van der Waals surface area contributed by atoms with E-state index < -0.39 is 15.1 Å². The van der Waals surface area contributed by atoms with Crippen LogP contribution in [0.4, 0.5) is 0 Å². The number of allylic oxidation sites excluding steroid dienone is 2. The molecule has 0 spiro atoms. The van der Waals surface area contributed by atoms with E-state index in [0.29, 0.717) is 5.92 Å². The first kappa shape index (κ1) is 15.5. The topological polar surface area (TPSA) is 51.2 Å². The van der Waals surface area contributed by atoms with Gasteiger partial charge in [0, 0.05) is 5.92 Å². The van der Waals surface area contributed by atoms with E-state index in [1.807, 2.05) is 6.92 Å². The van der Waals surface area contributed by atoms with Gasteiger partial charge < -0.3 is 0 Å². The summed E-state index contributed by atoms with van der Waals surface area (Å²) in [5.74, 6) is 0.643. The van der Waals surface area contributed by atoms with E-state index in [2.05, 4.69) is 19.1 Å². The number of ketones is 1. The largest absolute Gasteiger partial charge is 0.298 e. The highest BCUT2D eigenvalue weighted by Gasteiger charge is 2.48. The number of carbonyl (C=O) groups excluding carboxylic acids is 1. The van der Waals surface area contributed by atoms with Crippen molar-refractivity contribution in [2.45, 2.75) is 37.3 Å². The van der Waals surface area contributed by atoms with Crippen LogP contribution < -0.4 is 0 Å². The number of aryl methyl sites for hydroxylation is 1. The predicted octanol–water partition coefficient (Wildman–Crippen LogP) is 3.18. The molecule has 3 rings (SSSR count). The van der Waals surface area contributed by atoms with Gasteiger partial charge in [0.15, 0.2) is 15.6 Å². The number of Topliss-reactive ketones (excluding diaryl/α,β-unsaturated/α-hetero) is 1. The third-order valence-electron chi connectivity index (χ3n) is 5.40. The van der Waals surface area contributed by atoms with Gasteiger partial charge in [-0.25, -0.2) is 8.42 Å². The molecule has 0 saturated heterocycles. The standard InChI is InChI=1S/C18H22O3S/c1-11-4-8-16(9-5-11)22(20,21)13(3)18(19)17-12(2)14-6-7-15(17)10-14/h4-9,12-15,17H,10H2,1-3H3/t12-,13?,14+,15-,17?/m0/s1. The lowest BCUT2D eigenvalue weighted by Gasteiger charge is -2.26. The zero-order valence-electron chi connectivity index (χ0n) is 13.2. The highest BCUT2D eigenvalue weighted by molar-refractivity contribution is 7.92. The summed E-state index contributed by atoms with van der Waals surface area (Å²) in [6, 6.07) is 6.73. The van der Waals surface area contributed by atoms with Gasteiger partial charge in [-0.15, -0.1) is 0 Å². The molecule has 0 heterocycles. The average molecular weight is 318 g/mol. The van der Waals surface area contributed by atoms with Crippen LogP contribution in [0.25, 0.3) is 0 Å². The van der Waals surface area contributed by atoms with Gasteiger partial charge in [-0.2, -0.15) is 0 Å². The summed E-state index contributed by atoms with van der Waals surface area (Å²) >= 11 is 0. The fourth-order valence-corrected chi connectivity index (χ4v) is 5.28. The van der Waals surface area contributed by atoms with Crippen LogP contribution in [0, 0.1) is 30.6 Å². The molecular formula is C18H22O3S. The molecule has 5 atom stereocenters. The highest BCUT2D eigenvalue weighted by atomic mass is 32.2. The van der Waals surface area contributed by atoms with Crippen molar-refractivity contribution in [1.29, 1.82) is 0 Å². The monoisotopic (exact) mass is 318 g/mol. The Kier molecular flexibility index (Phi) is 3.76. The summed E-state index contributed by atoms with van der Waals surface area (Å²) in [5.41, 5.74) is 1.00. The predicted molar refractivity (Wildman–Crippen MR) is 86.2 cm³/mol. The molecule has 0 aliphatic heterocycles. The van der Waals surface area contributed by atoms with Crippen molar-refractivity contribution in [1.82, 2.24) is 0 Å². The third kappa shape index (κ3) is 2.34. The molecule has 1 fully saturated rings.